The Bertz CT molecular complexity index is 652. The number of hydrogen-bond acceptors (Lipinski definition) is 4. The third-order valence-corrected chi connectivity index (χ3v) is 3.09. The quantitative estimate of drug-likeness (QED) is 0.811. The highest BCUT2D eigenvalue weighted by Crippen LogP contribution is 2.31. The lowest BCUT2D eigenvalue weighted by atomic mass is 10.2. The average molecular weight is 317 g/mol. The first-order valence-electron chi connectivity index (χ1n) is 7.83. The van der Waals surface area contributed by atoms with Crippen LogP contribution in [-0.4, -0.2) is 28.9 Å². The molecule has 0 bridgehead atoms. The molecule has 0 saturated heterocycles. The fourth-order valence-corrected chi connectivity index (χ4v) is 1.98. The molecule has 6 heteroatoms. The predicted octanol–water partition coefficient (Wildman–Crippen LogP) is 3.25. The van der Waals surface area contributed by atoms with Gasteiger partial charge in [0, 0.05) is 25.0 Å². The van der Waals surface area contributed by atoms with Gasteiger partial charge in [0.2, 0.25) is 0 Å². The number of nitrogens with zero attached hydrogens (tertiary/aromatic N) is 2. The van der Waals surface area contributed by atoms with E-state index in [2.05, 4.69) is 17.3 Å². The van der Waals surface area contributed by atoms with Gasteiger partial charge in [0.1, 0.15) is 0 Å². The third-order valence-electron chi connectivity index (χ3n) is 3.09. The topological polar surface area (TPSA) is 65.4 Å². The van der Waals surface area contributed by atoms with Crippen LogP contribution in [-0.2, 0) is 7.05 Å². The van der Waals surface area contributed by atoms with Gasteiger partial charge in [-0.15, -0.1) is 0 Å². The molecule has 1 aromatic heterocycles. The molecule has 0 fully saturated rings. The second-order valence-corrected chi connectivity index (χ2v) is 5.22. The fraction of sp³-hybridized carbons (Fsp3) is 0.412. The number of anilines is 1. The van der Waals surface area contributed by atoms with Gasteiger partial charge in [0.15, 0.2) is 11.5 Å². The normalized spacial score (nSPS) is 10.4. The second kappa shape index (κ2) is 8.22. The van der Waals surface area contributed by atoms with Crippen molar-refractivity contribution in [1.29, 1.82) is 0 Å². The lowest BCUT2D eigenvalue weighted by Gasteiger charge is -2.14. The number of carbonyl (C=O) groups is 1. The smallest absolute Gasteiger partial charge is 0.258 e. The van der Waals surface area contributed by atoms with Crippen LogP contribution in [0.1, 0.15) is 37.0 Å². The number of hydrogen-bond donors (Lipinski definition) is 1. The molecule has 0 unspecified atom stereocenters. The van der Waals surface area contributed by atoms with Gasteiger partial charge in [-0.2, -0.15) is 5.10 Å². The number of carbonyl (C=O) groups excluding carboxylic acids is 1. The molecule has 124 valence electrons. The zero-order valence-electron chi connectivity index (χ0n) is 13.8. The van der Waals surface area contributed by atoms with Gasteiger partial charge in [-0.25, -0.2) is 0 Å². The van der Waals surface area contributed by atoms with Gasteiger partial charge in [-0.3, -0.25) is 9.48 Å². The van der Waals surface area contributed by atoms with E-state index in [4.69, 9.17) is 9.47 Å². The van der Waals surface area contributed by atoms with E-state index >= 15 is 0 Å². The largest absolute Gasteiger partial charge is 0.490 e. The molecule has 0 radical (unpaired) electrons. The van der Waals surface area contributed by atoms with Gasteiger partial charge in [-0.1, -0.05) is 13.8 Å². The molecule has 6 nitrogen and oxygen atoms in total. The minimum absolute atomic E-state index is 0.207. The van der Waals surface area contributed by atoms with Crippen molar-refractivity contribution in [2.45, 2.75) is 26.7 Å². The molecule has 2 aromatic rings. The standard InChI is InChI=1S/C17H23N3O3/c1-4-8-22-15-7-6-14(10-16(15)23-9-5-2)19-17(21)13-11-18-20(3)12-13/h6-7,10-12H,4-5,8-9H2,1-3H3,(H,19,21). The molecule has 0 aliphatic rings. The number of rotatable bonds is 8. The highest BCUT2D eigenvalue weighted by molar-refractivity contribution is 6.04. The lowest BCUT2D eigenvalue weighted by molar-refractivity contribution is 0.102. The summed E-state index contributed by atoms with van der Waals surface area (Å²) in [4.78, 5) is 12.2. The molecular weight excluding hydrogens is 294 g/mol. The van der Waals surface area contributed by atoms with E-state index in [9.17, 15) is 4.79 Å². The molecule has 0 spiro atoms. The van der Waals surface area contributed by atoms with Crippen molar-refractivity contribution in [3.8, 4) is 11.5 Å². The summed E-state index contributed by atoms with van der Waals surface area (Å²) in [6.07, 6.45) is 5.03. The summed E-state index contributed by atoms with van der Waals surface area (Å²) in [6.45, 7) is 5.32. The van der Waals surface area contributed by atoms with Gasteiger partial charge in [0.25, 0.3) is 5.91 Å². The summed E-state index contributed by atoms with van der Waals surface area (Å²) in [6, 6.07) is 5.41. The Morgan fingerprint density at radius 3 is 2.48 bits per heavy atom. The number of aromatic nitrogens is 2. The molecule has 2 rings (SSSR count). The maximum atomic E-state index is 12.2. The lowest BCUT2D eigenvalue weighted by Crippen LogP contribution is -2.11. The van der Waals surface area contributed by atoms with Crippen molar-refractivity contribution >= 4 is 11.6 Å². The molecule has 0 aliphatic heterocycles. The minimum Gasteiger partial charge on any atom is -0.490 e. The van der Waals surface area contributed by atoms with Crippen molar-refractivity contribution in [1.82, 2.24) is 9.78 Å². The van der Waals surface area contributed by atoms with E-state index in [1.54, 1.807) is 30.1 Å². The van der Waals surface area contributed by atoms with E-state index in [1.807, 2.05) is 13.0 Å². The average Bonchev–Trinajstić information content (AvgIpc) is 2.98. The number of aryl methyl sites for hydroxylation is 1. The van der Waals surface area contributed by atoms with Crippen molar-refractivity contribution in [3.63, 3.8) is 0 Å². The van der Waals surface area contributed by atoms with Crippen LogP contribution >= 0.6 is 0 Å². The fourth-order valence-electron chi connectivity index (χ4n) is 1.98. The molecule has 0 saturated carbocycles. The maximum Gasteiger partial charge on any atom is 0.258 e. The van der Waals surface area contributed by atoms with Crippen LogP contribution < -0.4 is 14.8 Å². The number of amides is 1. The summed E-state index contributed by atoms with van der Waals surface area (Å²) < 4.78 is 13.0. The Morgan fingerprint density at radius 1 is 1.17 bits per heavy atom. The molecule has 1 N–H and O–H groups in total. The molecule has 0 atom stereocenters. The predicted molar refractivity (Wildman–Crippen MR) is 89.2 cm³/mol. The molecule has 1 heterocycles. The minimum atomic E-state index is -0.207. The van der Waals surface area contributed by atoms with Crippen LogP contribution in [0.25, 0.3) is 0 Å². The Labute approximate surface area is 136 Å². The van der Waals surface area contributed by atoms with Gasteiger partial charge < -0.3 is 14.8 Å². The molecule has 1 aromatic carbocycles. The number of benzene rings is 1. The number of nitrogens with one attached hydrogen (secondary N) is 1. The van der Waals surface area contributed by atoms with Crippen LogP contribution in [0.15, 0.2) is 30.6 Å². The molecular formula is C17H23N3O3. The Hall–Kier alpha value is -2.50. The van der Waals surface area contributed by atoms with Gasteiger partial charge in [0.05, 0.1) is 25.0 Å². The first kappa shape index (κ1) is 16.9. The summed E-state index contributed by atoms with van der Waals surface area (Å²) in [5.74, 6) is 1.13. The molecule has 23 heavy (non-hydrogen) atoms. The number of ether oxygens (including phenoxy) is 2. The SMILES string of the molecule is CCCOc1ccc(NC(=O)c2cnn(C)c2)cc1OCCC. The second-order valence-electron chi connectivity index (χ2n) is 5.22. The van der Waals surface area contributed by atoms with Crippen molar-refractivity contribution < 1.29 is 14.3 Å². The highest BCUT2D eigenvalue weighted by Gasteiger charge is 2.11. The Morgan fingerprint density at radius 2 is 1.87 bits per heavy atom. The Kier molecular flexibility index (Phi) is 6.02. The van der Waals surface area contributed by atoms with Gasteiger partial charge >= 0.3 is 0 Å². The van der Waals surface area contributed by atoms with Gasteiger partial charge in [-0.05, 0) is 25.0 Å². The van der Waals surface area contributed by atoms with E-state index in [0.29, 0.717) is 36.0 Å². The molecule has 1 amide bonds. The van der Waals surface area contributed by atoms with Crippen LogP contribution in [0, 0.1) is 0 Å². The van der Waals surface area contributed by atoms with Crippen molar-refractivity contribution in [2.24, 2.45) is 7.05 Å². The van der Waals surface area contributed by atoms with Crippen molar-refractivity contribution in [2.75, 3.05) is 18.5 Å². The van der Waals surface area contributed by atoms with E-state index in [1.165, 1.54) is 6.20 Å². The van der Waals surface area contributed by atoms with Crippen LogP contribution in [0.2, 0.25) is 0 Å². The van der Waals surface area contributed by atoms with E-state index < -0.39 is 0 Å². The van der Waals surface area contributed by atoms with Crippen LogP contribution in [0.4, 0.5) is 5.69 Å². The van der Waals surface area contributed by atoms with Crippen LogP contribution in [0.3, 0.4) is 0 Å². The summed E-state index contributed by atoms with van der Waals surface area (Å²) >= 11 is 0. The van der Waals surface area contributed by atoms with E-state index in [-0.39, 0.29) is 5.91 Å². The zero-order valence-corrected chi connectivity index (χ0v) is 13.8. The third kappa shape index (κ3) is 4.74. The van der Waals surface area contributed by atoms with E-state index in [0.717, 1.165) is 12.8 Å². The summed E-state index contributed by atoms with van der Waals surface area (Å²) in [7, 11) is 1.77. The first-order valence-corrected chi connectivity index (χ1v) is 7.83. The van der Waals surface area contributed by atoms with Crippen LogP contribution in [0.5, 0.6) is 11.5 Å². The Balaban J connectivity index is 2.13. The monoisotopic (exact) mass is 317 g/mol. The van der Waals surface area contributed by atoms with Crippen molar-refractivity contribution in [3.05, 3.63) is 36.2 Å². The summed E-state index contributed by atoms with van der Waals surface area (Å²) in [5, 5.41) is 6.84. The molecule has 0 aliphatic carbocycles. The zero-order chi connectivity index (χ0) is 16.7. The summed E-state index contributed by atoms with van der Waals surface area (Å²) in [5.41, 5.74) is 1.17. The highest BCUT2D eigenvalue weighted by atomic mass is 16.5. The maximum absolute atomic E-state index is 12.2. The first-order chi connectivity index (χ1) is 11.1.